The molecule has 1 aromatic heterocycles. The van der Waals surface area contributed by atoms with E-state index in [0.717, 1.165) is 0 Å². The molecule has 0 fully saturated rings. The molecule has 0 unspecified atom stereocenters. The highest BCUT2D eigenvalue weighted by Gasteiger charge is 2.38. The van der Waals surface area contributed by atoms with E-state index in [2.05, 4.69) is 10.2 Å². The number of aliphatic hydroxyl groups is 1. The molecule has 0 saturated carbocycles. The van der Waals surface area contributed by atoms with E-state index in [9.17, 15) is 21.6 Å². The van der Waals surface area contributed by atoms with Gasteiger partial charge < -0.3 is 5.11 Å². The molecule has 0 aliphatic rings. The van der Waals surface area contributed by atoms with Crippen LogP contribution in [0.4, 0.5) is 13.2 Å². The van der Waals surface area contributed by atoms with Crippen LogP contribution in [0.25, 0.3) is 0 Å². The number of nitrogens with zero attached hydrogens (tertiary/aromatic N) is 2. The lowest BCUT2D eigenvalue weighted by Crippen LogP contribution is -2.40. The van der Waals surface area contributed by atoms with Gasteiger partial charge in [0.05, 0.1) is 18.0 Å². The first-order chi connectivity index (χ1) is 8.59. The van der Waals surface area contributed by atoms with Crippen LogP contribution in [0, 0.1) is 13.8 Å². The third-order valence-electron chi connectivity index (χ3n) is 2.36. The number of rotatable bonds is 5. The van der Waals surface area contributed by atoms with E-state index < -0.39 is 35.9 Å². The van der Waals surface area contributed by atoms with Crippen LogP contribution in [0.2, 0.25) is 0 Å². The smallest absolute Gasteiger partial charge is 0.395 e. The first-order valence-electron chi connectivity index (χ1n) is 5.29. The fourth-order valence-corrected chi connectivity index (χ4v) is 3.39. The lowest BCUT2D eigenvalue weighted by Gasteiger charge is -2.22. The molecule has 1 heterocycles. The average Bonchev–Trinajstić information content (AvgIpc) is 2.56. The van der Waals surface area contributed by atoms with Crippen molar-refractivity contribution in [1.29, 1.82) is 0 Å². The Kier molecular flexibility index (Phi) is 4.59. The predicted molar refractivity (Wildman–Crippen MR) is 60.0 cm³/mol. The van der Waals surface area contributed by atoms with Crippen LogP contribution < -0.4 is 0 Å². The van der Waals surface area contributed by atoms with E-state index in [-0.39, 0.29) is 20.6 Å². The van der Waals surface area contributed by atoms with Crippen LogP contribution >= 0.6 is 0 Å². The van der Waals surface area contributed by atoms with Crippen molar-refractivity contribution in [2.75, 3.05) is 19.7 Å². The van der Waals surface area contributed by atoms with Gasteiger partial charge in [0.25, 0.3) is 0 Å². The Bertz CT molecular complexity index is 519. The van der Waals surface area contributed by atoms with Gasteiger partial charge in [0, 0.05) is 6.54 Å². The zero-order valence-electron chi connectivity index (χ0n) is 10.3. The summed E-state index contributed by atoms with van der Waals surface area (Å²) in [6.07, 6.45) is -4.69. The maximum absolute atomic E-state index is 12.4. The lowest BCUT2D eigenvalue weighted by atomic mass is 10.4. The zero-order chi connectivity index (χ0) is 14.8. The normalized spacial score (nSPS) is 13.2. The van der Waals surface area contributed by atoms with Crippen LogP contribution in [-0.2, 0) is 10.0 Å². The number of aromatic amines is 1. The van der Waals surface area contributed by atoms with Gasteiger partial charge in [-0.2, -0.15) is 22.6 Å². The molecule has 2 N–H and O–H groups in total. The second-order valence-corrected chi connectivity index (χ2v) is 5.82. The maximum atomic E-state index is 12.4. The summed E-state index contributed by atoms with van der Waals surface area (Å²) in [7, 11) is -4.35. The summed E-state index contributed by atoms with van der Waals surface area (Å²) in [6, 6.07) is 0. The van der Waals surface area contributed by atoms with Crippen LogP contribution in [0.3, 0.4) is 0 Å². The molecule has 0 bridgehead atoms. The van der Waals surface area contributed by atoms with Crippen LogP contribution in [0.15, 0.2) is 4.90 Å². The second kappa shape index (κ2) is 5.47. The molecule has 6 nitrogen and oxygen atoms in total. The predicted octanol–water partition coefficient (Wildman–Crippen LogP) is 0.572. The molecule has 10 heteroatoms. The lowest BCUT2D eigenvalue weighted by molar-refractivity contribution is -0.136. The fraction of sp³-hybridized carbons (Fsp3) is 0.667. The van der Waals surface area contributed by atoms with Crippen LogP contribution in [-0.4, -0.2) is 53.9 Å². The van der Waals surface area contributed by atoms with E-state index in [1.165, 1.54) is 13.8 Å². The Morgan fingerprint density at radius 1 is 1.37 bits per heavy atom. The Morgan fingerprint density at radius 2 is 1.95 bits per heavy atom. The van der Waals surface area contributed by atoms with E-state index >= 15 is 0 Å². The van der Waals surface area contributed by atoms with Crippen molar-refractivity contribution in [2.45, 2.75) is 24.9 Å². The molecule has 110 valence electrons. The number of alkyl halides is 3. The van der Waals surface area contributed by atoms with Gasteiger partial charge in [-0.05, 0) is 13.8 Å². The highest BCUT2D eigenvalue weighted by Crippen LogP contribution is 2.25. The van der Waals surface area contributed by atoms with Gasteiger partial charge in [0.1, 0.15) is 11.4 Å². The highest BCUT2D eigenvalue weighted by molar-refractivity contribution is 7.89. The van der Waals surface area contributed by atoms with Gasteiger partial charge in [-0.3, -0.25) is 5.10 Å². The molecule has 0 saturated heterocycles. The Hall–Kier alpha value is -1.13. The van der Waals surface area contributed by atoms with Crippen molar-refractivity contribution >= 4 is 10.0 Å². The van der Waals surface area contributed by atoms with Crippen molar-refractivity contribution in [3.05, 3.63) is 11.4 Å². The molecule has 0 amide bonds. The summed E-state index contributed by atoms with van der Waals surface area (Å²) in [5.74, 6) is 0. The van der Waals surface area contributed by atoms with Crippen molar-refractivity contribution in [2.24, 2.45) is 0 Å². The monoisotopic (exact) mass is 301 g/mol. The molecule has 0 aromatic carbocycles. The summed E-state index contributed by atoms with van der Waals surface area (Å²) in [5, 5.41) is 14.8. The number of halogens is 3. The van der Waals surface area contributed by atoms with E-state index in [1.54, 1.807) is 0 Å². The first kappa shape index (κ1) is 15.9. The summed E-state index contributed by atoms with van der Waals surface area (Å²) in [5.41, 5.74) is 0.241. The van der Waals surface area contributed by atoms with Gasteiger partial charge in [0.15, 0.2) is 0 Å². The minimum atomic E-state index is -4.69. The number of hydrogen-bond acceptors (Lipinski definition) is 4. The Balaban J connectivity index is 3.21. The third-order valence-corrected chi connectivity index (χ3v) is 4.47. The summed E-state index contributed by atoms with van der Waals surface area (Å²) in [4.78, 5) is -0.287. The number of aromatic nitrogens is 2. The van der Waals surface area contributed by atoms with Crippen molar-refractivity contribution in [3.8, 4) is 0 Å². The molecule has 0 radical (unpaired) electrons. The molecule has 0 aliphatic carbocycles. The third kappa shape index (κ3) is 3.67. The van der Waals surface area contributed by atoms with Crippen molar-refractivity contribution < 1.29 is 26.7 Å². The topological polar surface area (TPSA) is 86.3 Å². The van der Waals surface area contributed by atoms with Crippen LogP contribution in [0.1, 0.15) is 11.4 Å². The van der Waals surface area contributed by atoms with Crippen molar-refractivity contribution in [1.82, 2.24) is 14.5 Å². The fourth-order valence-electron chi connectivity index (χ4n) is 1.65. The molecule has 1 rings (SSSR count). The summed E-state index contributed by atoms with van der Waals surface area (Å²) in [6.45, 7) is -0.212. The number of hydrogen-bond donors (Lipinski definition) is 2. The number of nitrogens with one attached hydrogen (secondary N) is 1. The largest absolute Gasteiger partial charge is 0.402 e. The molecular formula is C9H14F3N3O3S. The van der Waals surface area contributed by atoms with Gasteiger partial charge in [0.2, 0.25) is 10.0 Å². The number of H-pyrrole nitrogens is 1. The number of sulfonamides is 1. The van der Waals surface area contributed by atoms with Gasteiger partial charge in [-0.25, -0.2) is 8.42 Å². The number of aryl methyl sites for hydroxylation is 2. The molecule has 0 spiro atoms. The van der Waals surface area contributed by atoms with Crippen LogP contribution in [0.5, 0.6) is 0 Å². The van der Waals surface area contributed by atoms with E-state index in [0.29, 0.717) is 0 Å². The standard InChI is InChI=1S/C9H14F3N3O3S/c1-6-8(7(2)14-13-6)19(17,18)15(3-4-16)5-9(10,11)12/h16H,3-5H2,1-2H3,(H,13,14). The first-order valence-corrected chi connectivity index (χ1v) is 6.73. The number of aliphatic hydroxyl groups excluding tert-OH is 1. The summed E-state index contributed by atoms with van der Waals surface area (Å²) >= 11 is 0. The summed E-state index contributed by atoms with van der Waals surface area (Å²) < 4.78 is 61.7. The minimum Gasteiger partial charge on any atom is -0.395 e. The van der Waals surface area contributed by atoms with E-state index in [1.807, 2.05) is 0 Å². The molecule has 1 aromatic rings. The minimum absolute atomic E-state index is 0.0858. The Morgan fingerprint density at radius 3 is 2.32 bits per heavy atom. The highest BCUT2D eigenvalue weighted by atomic mass is 32.2. The maximum Gasteiger partial charge on any atom is 0.402 e. The molecule has 0 aliphatic heterocycles. The Labute approximate surface area is 108 Å². The van der Waals surface area contributed by atoms with Gasteiger partial charge in [-0.1, -0.05) is 0 Å². The molecule has 0 atom stereocenters. The second-order valence-electron chi connectivity index (χ2n) is 3.94. The van der Waals surface area contributed by atoms with Gasteiger partial charge >= 0.3 is 6.18 Å². The van der Waals surface area contributed by atoms with Crippen molar-refractivity contribution in [3.63, 3.8) is 0 Å². The van der Waals surface area contributed by atoms with E-state index in [4.69, 9.17) is 5.11 Å². The SMILES string of the molecule is Cc1n[nH]c(C)c1S(=O)(=O)N(CCO)CC(F)(F)F. The zero-order valence-corrected chi connectivity index (χ0v) is 11.1. The average molecular weight is 301 g/mol. The quantitative estimate of drug-likeness (QED) is 0.832. The van der Waals surface area contributed by atoms with Gasteiger partial charge in [-0.15, -0.1) is 0 Å². The molecular weight excluding hydrogens is 287 g/mol. The molecule has 19 heavy (non-hydrogen) atoms.